The third-order valence-electron chi connectivity index (χ3n) is 5.10. The highest BCUT2D eigenvalue weighted by atomic mass is 19.4. The van der Waals surface area contributed by atoms with Crippen LogP contribution in [0.2, 0.25) is 0 Å². The molecule has 1 N–H and O–H groups in total. The Labute approximate surface area is 171 Å². The minimum atomic E-state index is -4.39. The van der Waals surface area contributed by atoms with Crippen molar-refractivity contribution in [2.75, 3.05) is 0 Å². The second-order valence-corrected chi connectivity index (χ2v) is 7.99. The Kier molecular flexibility index (Phi) is 4.95. The van der Waals surface area contributed by atoms with Crippen LogP contribution < -0.4 is 10.1 Å². The largest absolute Gasteiger partial charge is 0.457 e. The second-order valence-electron chi connectivity index (χ2n) is 7.99. The number of halogens is 3. The lowest BCUT2D eigenvalue weighted by Crippen LogP contribution is -2.31. The summed E-state index contributed by atoms with van der Waals surface area (Å²) in [5.74, 6) is 0.756. The van der Waals surface area contributed by atoms with Crippen molar-refractivity contribution in [3.8, 4) is 11.5 Å². The van der Waals surface area contributed by atoms with E-state index in [2.05, 4.69) is 10.4 Å². The van der Waals surface area contributed by atoms with Gasteiger partial charge in [0.2, 0.25) is 5.91 Å². The first kappa shape index (κ1) is 20.3. The van der Waals surface area contributed by atoms with Gasteiger partial charge in [-0.05, 0) is 68.1 Å². The summed E-state index contributed by atoms with van der Waals surface area (Å²) in [7, 11) is 1.82. The Morgan fingerprint density at radius 3 is 2.53 bits per heavy atom. The van der Waals surface area contributed by atoms with Crippen molar-refractivity contribution in [1.82, 2.24) is 15.1 Å². The molecule has 0 unspecified atom stereocenters. The minimum Gasteiger partial charge on any atom is -0.457 e. The maximum Gasteiger partial charge on any atom is 0.416 e. The predicted octanol–water partition coefficient (Wildman–Crippen LogP) is 5.01. The molecule has 8 heteroatoms. The van der Waals surface area contributed by atoms with E-state index < -0.39 is 11.7 Å². The number of aromatic nitrogens is 2. The molecule has 1 fully saturated rings. The Bertz CT molecular complexity index is 1090. The van der Waals surface area contributed by atoms with Crippen LogP contribution in [-0.2, 0) is 18.0 Å². The lowest BCUT2D eigenvalue weighted by Gasteiger charge is -2.11. The van der Waals surface area contributed by atoms with Gasteiger partial charge in [0, 0.05) is 30.6 Å². The van der Waals surface area contributed by atoms with Gasteiger partial charge < -0.3 is 10.1 Å². The van der Waals surface area contributed by atoms with Gasteiger partial charge in [-0.2, -0.15) is 18.3 Å². The molecule has 1 heterocycles. The summed E-state index contributed by atoms with van der Waals surface area (Å²) in [5, 5.41) is 8.32. The molecule has 2 aromatic carbocycles. The number of hydrogen-bond acceptors (Lipinski definition) is 3. The highest BCUT2D eigenvalue weighted by molar-refractivity contribution is 5.88. The summed E-state index contributed by atoms with van der Waals surface area (Å²) >= 11 is 0. The van der Waals surface area contributed by atoms with E-state index in [0.717, 1.165) is 35.0 Å². The van der Waals surface area contributed by atoms with Gasteiger partial charge in [-0.15, -0.1) is 0 Å². The van der Waals surface area contributed by atoms with Crippen LogP contribution >= 0.6 is 0 Å². The molecule has 3 aromatic rings. The number of carbonyl (C=O) groups is 1. The summed E-state index contributed by atoms with van der Waals surface area (Å²) < 4.78 is 45.8. The average Bonchev–Trinajstić information content (AvgIpc) is 3.35. The Hall–Kier alpha value is -3.03. The van der Waals surface area contributed by atoms with Crippen LogP contribution in [0.3, 0.4) is 0 Å². The Morgan fingerprint density at radius 2 is 1.90 bits per heavy atom. The number of amides is 1. The van der Waals surface area contributed by atoms with Crippen LogP contribution in [-0.4, -0.2) is 21.7 Å². The van der Waals surface area contributed by atoms with Crippen molar-refractivity contribution in [3.05, 3.63) is 53.7 Å². The van der Waals surface area contributed by atoms with Crippen LogP contribution in [0.5, 0.6) is 11.5 Å². The van der Waals surface area contributed by atoms with E-state index in [-0.39, 0.29) is 23.8 Å². The van der Waals surface area contributed by atoms with Gasteiger partial charge in [-0.3, -0.25) is 9.48 Å². The highest BCUT2D eigenvalue weighted by Crippen LogP contribution is 2.50. The molecular formula is C22H22F3N3O2. The molecule has 4 rings (SSSR count). The molecule has 2 atom stereocenters. The second kappa shape index (κ2) is 7.34. The van der Waals surface area contributed by atoms with Gasteiger partial charge in [0.1, 0.15) is 11.5 Å². The number of hydrogen-bond donors (Lipinski definition) is 1. The molecule has 0 aliphatic heterocycles. The molecule has 1 saturated carbocycles. The number of nitrogens with one attached hydrogen (secondary N) is 1. The molecule has 1 aromatic heterocycles. The number of nitrogens with zero attached hydrogens (tertiary/aromatic N) is 2. The van der Waals surface area contributed by atoms with Gasteiger partial charge in [-0.25, -0.2) is 0 Å². The molecule has 0 saturated heterocycles. The lowest BCUT2D eigenvalue weighted by molar-refractivity contribution is -0.137. The third kappa shape index (κ3) is 4.13. The molecule has 0 radical (unpaired) electrons. The summed E-state index contributed by atoms with van der Waals surface area (Å²) in [4.78, 5) is 12.4. The first-order valence-electron chi connectivity index (χ1n) is 9.74. The Morgan fingerprint density at radius 1 is 1.20 bits per heavy atom. The fourth-order valence-electron chi connectivity index (χ4n) is 3.66. The summed E-state index contributed by atoms with van der Waals surface area (Å²) in [6, 6.07) is 8.29. The quantitative estimate of drug-likeness (QED) is 0.635. The number of fused-ring (bicyclic) bond motifs is 1. The van der Waals surface area contributed by atoms with Crippen molar-refractivity contribution in [1.29, 1.82) is 0 Å². The van der Waals surface area contributed by atoms with Crippen molar-refractivity contribution >= 4 is 16.8 Å². The molecule has 1 amide bonds. The van der Waals surface area contributed by atoms with E-state index in [0.29, 0.717) is 11.5 Å². The van der Waals surface area contributed by atoms with Gasteiger partial charge in [0.05, 0.1) is 11.1 Å². The van der Waals surface area contributed by atoms with Gasteiger partial charge in [0.25, 0.3) is 0 Å². The lowest BCUT2D eigenvalue weighted by atomic mass is 10.0. The fourth-order valence-corrected chi connectivity index (χ4v) is 3.66. The predicted molar refractivity (Wildman–Crippen MR) is 106 cm³/mol. The SMILES string of the molecule is CC(C)NC(=O)[C@H]1C[C@@H]1c1cc(Oc2ccc(C(F)(F)F)cc2)cc2cn(C)nc12. The number of benzene rings is 2. The van der Waals surface area contributed by atoms with E-state index in [4.69, 9.17) is 4.74 Å². The van der Waals surface area contributed by atoms with E-state index in [1.165, 1.54) is 12.1 Å². The zero-order valence-corrected chi connectivity index (χ0v) is 16.8. The van der Waals surface area contributed by atoms with Crippen molar-refractivity contribution in [2.24, 2.45) is 13.0 Å². The first-order valence-corrected chi connectivity index (χ1v) is 9.74. The number of aryl methyl sites for hydroxylation is 1. The van der Waals surface area contributed by atoms with E-state index in [1.54, 1.807) is 10.7 Å². The van der Waals surface area contributed by atoms with Gasteiger partial charge in [-0.1, -0.05) is 0 Å². The minimum absolute atomic E-state index is 0.0214. The van der Waals surface area contributed by atoms with E-state index >= 15 is 0 Å². The number of carbonyl (C=O) groups excluding carboxylic acids is 1. The molecule has 1 aliphatic rings. The molecule has 1 aliphatic carbocycles. The smallest absolute Gasteiger partial charge is 0.416 e. The van der Waals surface area contributed by atoms with Crippen molar-refractivity contribution in [2.45, 2.75) is 38.4 Å². The van der Waals surface area contributed by atoms with E-state index in [9.17, 15) is 18.0 Å². The van der Waals surface area contributed by atoms with Crippen molar-refractivity contribution in [3.63, 3.8) is 0 Å². The molecular weight excluding hydrogens is 395 g/mol. The maximum atomic E-state index is 12.8. The van der Waals surface area contributed by atoms with Gasteiger partial charge in [0.15, 0.2) is 0 Å². The third-order valence-corrected chi connectivity index (χ3v) is 5.10. The number of rotatable bonds is 5. The van der Waals surface area contributed by atoms with Crippen molar-refractivity contribution < 1.29 is 22.7 Å². The summed E-state index contributed by atoms with van der Waals surface area (Å²) in [6.07, 6.45) is -1.81. The zero-order chi connectivity index (χ0) is 21.6. The Balaban J connectivity index is 1.62. The van der Waals surface area contributed by atoms with Crippen LogP contribution in [0.4, 0.5) is 13.2 Å². The molecule has 158 valence electrons. The highest BCUT2D eigenvalue weighted by Gasteiger charge is 2.45. The average molecular weight is 417 g/mol. The van der Waals surface area contributed by atoms with Crippen LogP contribution in [0.15, 0.2) is 42.6 Å². The number of alkyl halides is 3. The molecule has 0 spiro atoms. The molecule has 5 nitrogen and oxygen atoms in total. The normalized spacial score (nSPS) is 18.6. The topological polar surface area (TPSA) is 56.1 Å². The molecule has 30 heavy (non-hydrogen) atoms. The zero-order valence-electron chi connectivity index (χ0n) is 16.8. The van der Waals surface area contributed by atoms with Gasteiger partial charge >= 0.3 is 6.18 Å². The van der Waals surface area contributed by atoms with Crippen LogP contribution in [0.1, 0.15) is 37.3 Å². The van der Waals surface area contributed by atoms with Crippen LogP contribution in [0.25, 0.3) is 10.9 Å². The monoisotopic (exact) mass is 417 g/mol. The standard InChI is InChI=1S/C22H22F3N3O2/c1-12(2)26-21(29)19-10-17(19)18-9-16(8-13-11-28(3)27-20(13)18)30-15-6-4-14(5-7-15)22(23,24)25/h4-9,11-12,17,19H,10H2,1-3H3,(H,26,29)/t17-,19+/m1/s1. The first-order chi connectivity index (χ1) is 14.1. The number of ether oxygens (including phenoxy) is 1. The van der Waals surface area contributed by atoms with E-state index in [1.807, 2.05) is 33.2 Å². The summed E-state index contributed by atoms with van der Waals surface area (Å²) in [6.45, 7) is 3.84. The van der Waals surface area contributed by atoms with Crippen LogP contribution in [0, 0.1) is 5.92 Å². The summed E-state index contributed by atoms with van der Waals surface area (Å²) in [5.41, 5.74) is 0.997. The molecule has 0 bridgehead atoms. The fraction of sp³-hybridized carbons (Fsp3) is 0.364. The maximum absolute atomic E-state index is 12.8.